The second-order valence-corrected chi connectivity index (χ2v) is 11.7. The zero-order valence-electron chi connectivity index (χ0n) is 21.6. The summed E-state index contributed by atoms with van der Waals surface area (Å²) in [5, 5.41) is 3.98. The Kier molecular flexibility index (Phi) is 7.08. The number of hydrogen-bond donors (Lipinski definition) is 1. The molecule has 0 bridgehead atoms. The van der Waals surface area contributed by atoms with E-state index in [1.54, 1.807) is 22.4 Å². The van der Waals surface area contributed by atoms with E-state index in [9.17, 15) is 9.59 Å². The maximum Gasteiger partial charge on any atom is 0.313 e. The predicted molar refractivity (Wildman–Crippen MR) is 144 cm³/mol. The van der Waals surface area contributed by atoms with Crippen molar-refractivity contribution in [2.75, 3.05) is 32.0 Å². The second kappa shape index (κ2) is 10.3. The van der Waals surface area contributed by atoms with Gasteiger partial charge in [-0.05, 0) is 94.9 Å². The summed E-state index contributed by atoms with van der Waals surface area (Å²) in [6.45, 7) is 8.79. The van der Waals surface area contributed by atoms with Crippen LogP contribution >= 0.6 is 11.3 Å². The standard InChI is InChI=1S/C28H35N5O2S/c1-17-5-7-24(33(16-17)28(35)26(34)30-22-13-18(2)19(3)29-15-22)21-6-8-25-23(14-21)31-27(36-25)20-9-11-32(4)12-10-20/h6,8,13-15,17,20,24H,5,7,9-12,16H2,1-4H3,(H,30,34)/t17-,24+/m0/s1. The Bertz CT molecular complexity index is 1280. The van der Waals surface area contributed by atoms with Gasteiger partial charge in [0, 0.05) is 18.2 Å². The van der Waals surface area contributed by atoms with E-state index in [4.69, 9.17) is 4.98 Å². The molecule has 8 heteroatoms. The van der Waals surface area contributed by atoms with Crippen molar-refractivity contribution in [3.05, 3.63) is 52.3 Å². The van der Waals surface area contributed by atoms with Gasteiger partial charge in [-0.3, -0.25) is 14.6 Å². The summed E-state index contributed by atoms with van der Waals surface area (Å²) in [7, 11) is 2.18. The molecule has 36 heavy (non-hydrogen) atoms. The van der Waals surface area contributed by atoms with Crippen LogP contribution in [0.1, 0.15) is 66.4 Å². The number of carbonyl (C=O) groups excluding carboxylic acids is 2. The molecule has 2 aliphatic rings. The fraction of sp³-hybridized carbons (Fsp3) is 0.500. The maximum atomic E-state index is 13.4. The van der Waals surface area contributed by atoms with Crippen LogP contribution in [0.25, 0.3) is 10.2 Å². The van der Waals surface area contributed by atoms with E-state index >= 15 is 0 Å². The summed E-state index contributed by atoms with van der Waals surface area (Å²) < 4.78 is 1.19. The van der Waals surface area contributed by atoms with Crippen molar-refractivity contribution in [2.24, 2.45) is 5.92 Å². The van der Waals surface area contributed by atoms with E-state index in [0.717, 1.165) is 61.1 Å². The van der Waals surface area contributed by atoms with Crippen LogP contribution in [-0.4, -0.2) is 58.3 Å². The SMILES string of the molecule is Cc1cc(NC(=O)C(=O)N2C[C@@H](C)CC[C@@H]2c2ccc3sc(C4CCN(C)CC4)nc3c2)cnc1C. The second-order valence-electron chi connectivity index (χ2n) is 10.6. The molecule has 0 spiro atoms. The molecule has 2 amide bonds. The van der Waals surface area contributed by atoms with Crippen LogP contribution in [0, 0.1) is 19.8 Å². The Hall–Kier alpha value is -2.84. The summed E-state index contributed by atoms with van der Waals surface area (Å²) in [5.41, 5.74) is 4.48. The number of rotatable bonds is 3. The fourth-order valence-corrected chi connectivity index (χ4v) is 6.47. The van der Waals surface area contributed by atoms with Gasteiger partial charge in [0.05, 0.1) is 33.2 Å². The highest BCUT2D eigenvalue weighted by Crippen LogP contribution is 2.38. The van der Waals surface area contributed by atoms with Gasteiger partial charge in [0.1, 0.15) is 0 Å². The highest BCUT2D eigenvalue weighted by atomic mass is 32.1. The lowest BCUT2D eigenvalue weighted by Gasteiger charge is -2.38. The van der Waals surface area contributed by atoms with Gasteiger partial charge in [-0.2, -0.15) is 0 Å². The Balaban J connectivity index is 1.36. The van der Waals surface area contributed by atoms with E-state index in [1.165, 1.54) is 9.71 Å². The highest BCUT2D eigenvalue weighted by molar-refractivity contribution is 7.18. The van der Waals surface area contributed by atoms with E-state index < -0.39 is 11.8 Å². The number of aromatic nitrogens is 2. The molecular weight excluding hydrogens is 470 g/mol. The average Bonchev–Trinajstić information content (AvgIpc) is 3.29. The van der Waals surface area contributed by atoms with Gasteiger partial charge >= 0.3 is 11.8 Å². The number of nitrogens with one attached hydrogen (secondary N) is 1. The largest absolute Gasteiger partial charge is 0.327 e. The van der Waals surface area contributed by atoms with Crippen LogP contribution < -0.4 is 5.32 Å². The molecule has 4 heterocycles. The number of aryl methyl sites for hydroxylation is 2. The van der Waals surface area contributed by atoms with Crippen molar-refractivity contribution in [1.29, 1.82) is 0 Å². The molecule has 190 valence electrons. The van der Waals surface area contributed by atoms with Gasteiger partial charge < -0.3 is 15.1 Å². The van der Waals surface area contributed by atoms with E-state index in [-0.39, 0.29) is 6.04 Å². The average molecular weight is 506 g/mol. The van der Waals surface area contributed by atoms with Crippen molar-refractivity contribution in [1.82, 2.24) is 19.8 Å². The van der Waals surface area contributed by atoms with Crippen LogP contribution in [-0.2, 0) is 9.59 Å². The Morgan fingerprint density at radius 2 is 1.86 bits per heavy atom. The molecule has 7 nitrogen and oxygen atoms in total. The zero-order valence-corrected chi connectivity index (χ0v) is 22.4. The normalized spacial score (nSPS) is 21.6. The van der Waals surface area contributed by atoms with Crippen LogP contribution in [0.4, 0.5) is 5.69 Å². The Morgan fingerprint density at radius 3 is 2.61 bits per heavy atom. The maximum absolute atomic E-state index is 13.4. The molecule has 0 radical (unpaired) electrons. The number of likely N-dealkylation sites (tertiary alicyclic amines) is 2. The number of fused-ring (bicyclic) bond motifs is 1. The number of hydrogen-bond acceptors (Lipinski definition) is 6. The molecular formula is C28H35N5O2S. The van der Waals surface area contributed by atoms with Gasteiger partial charge in [-0.1, -0.05) is 13.0 Å². The summed E-state index contributed by atoms with van der Waals surface area (Å²) >= 11 is 1.80. The lowest BCUT2D eigenvalue weighted by atomic mass is 9.89. The third-order valence-electron chi connectivity index (χ3n) is 7.75. The Morgan fingerprint density at radius 1 is 1.08 bits per heavy atom. The summed E-state index contributed by atoms with van der Waals surface area (Å²) in [5.74, 6) is -0.229. The van der Waals surface area contributed by atoms with Gasteiger partial charge in [0.25, 0.3) is 0 Å². The molecule has 2 saturated heterocycles. The van der Waals surface area contributed by atoms with Crippen molar-refractivity contribution < 1.29 is 9.59 Å². The molecule has 1 aromatic carbocycles. The lowest BCUT2D eigenvalue weighted by Crippen LogP contribution is -2.46. The predicted octanol–water partition coefficient (Wildman–Crippen LogP) is 5.06. The molecule has 0 saturated carbocycles. The topological polar surface area (TPSA) is 78.4 Å². The number of carbonyl (C=O) groups is 2. The minimum Gasteiger partial charge on any atom is -0.327 e. The first-order valence-corrected chi connectivity index (χ1v) is 13.7. The molecule has 2 aromatic heterocycles. The van der Waals surface area contributed by atoms with Crippen molar-refractivity contribution in [3.63, 3.8) is 0 Å². The number of benzene rings is 1. The van der Waals surface area contributed by atoms with E-state index in [0.29, 0.717) is 24.1 Å². The van der Waals surface area contributed by atoms with Crippen molar-refractivity contribution in [2.45, 2.75) is 58.4 Å². The first kappa shape index (κ1) is 24.8. The smallest absolute Gasteiger partial charge is 0.313 e. The van der Waals surface area contributed by atoms with Crippen LogP contribution in [0.5, 0.6) is 0 Å². The van der Waals surface area contributed by atoms with Crippen LogP contribution in [0.15, 0.2) is 30.5 Å². The molecule has 2 aliphatic heterocycles. The van der Waals surface area contributed by atoms with Gasteiger partial charge in [0.15, 0.2) is 0 Å². The highest BCUT2D eigenvalue weighted by Gasteiger charge is 2.34. The van der Waals surface area contributed by atoms with Crippen LogP contribution in [0.2, 0.25) is 0 Å². The molecule has 5 rings (SSSR count). The van der Waals surface area contributed by atoms with E-state index in [2.05, 4.69) is 47.4 Å². The van der Waals surface area contributed by atoms with E-state index in [1.807, 2.05) is 19.9 Å². The van der Waals surface area contributed by atoms with Gasteiger partial charge in [-0.15, -0.1) is 11.3 Å². The molecule has 3 aromatic rings. The molecule has 2 atom stereocenters. The number of piperidine rings is 2. The van der Waals surface area contributed by atoms with Crippen molar-refractivity contribution >= 4 is 39.1 Å². The van der Waals surface area contributed by atoms with Gasteiger partial charge in [-0.25, -0.2) is 4.98 Å². The van der Waals surface area contributed by atoms with Gasteiger partial charge in [0.2, 0.25) is 0 Å². The summed E-state index contributed by atoms with van der Waals surface area (Å²) in [6.07, 6.45) is 5.76. The molecule has 0 unspecified atom stereocenters. The lowest BCUT2D eigenvalue weighted by molar-refractivity contribution is -0.146. The number of nitrogens with zero attached hydrogens (tertiary/aromatic N) is 4. The number of anilines is 1. The molecule has 2 fully saturated rings. The first-order chi connectivity index (χ1) is 17.3. The summed E-state index contributed by atoms with van der Waals surface area (Å²) in [4.78, 5) is 39.8. The first-order valence-electron chi connectivity index (χ1n) is 12.9. The zero-order chi connectivity index (χ0) is 25.4. The third-order valence-corrected chi connectivity index (χ3v) is 8.95. The third kappa shape index (κ3) is 5.15. The molecule has 1 N–H and O–H groups in total. The van der Waals surface area contributed by atoms with Crippen LogP contribution in [0.3, 0.4) is 0 Å². The monoisotopic (exact) mass is 505 g/mol. The number of amides is 2. The minimum atomic E-state index is -0.613. The van der Waals surface area contributed by atoms with Crippen molar-refractivity contribution in [3.8, 4) is 0 Å². The molecule has 0 aliphatic carbocycles. The fourth-order valence-electron chi connectivity index (χ4n) is 5.35. The number of pyridine rings is 1. The minimum absolute atomic E-state index is 0.129. The number of thiazole rings is 1. The summed E-state index contributed by atoms with van der Waals surface area (Å²) in [6, 6.07) is 8.11. The Labute approximate surface area is 216 Å². The quantitative estimate of drug-likeness (QED) is 0.504.